The van der Waals surface area contributed by atoms with Gasteiger partial charge in [-0.25, -0.2) is 0 Å². The first kappa shape index (κ1) is 20.4. The van der Waals surface area contributed by atoms with Crippen molar-refractivity contribution in [1.82, 2.24) is 10.2 Å². The van der Waals surface area contributed by atoms with Gasteiger partial charge in [0.1, 0.15) is 5.75 Å². The molecule has 1 saturated heterocycles. The van der Waals surface area contributed by atoms with Gasteiger partial charge in [-0.1, -0.05) is 12.1 Å². The van der Waals surface area contributed by atoms with Gasteiger partial charge >= 0.3 is 5.97 Å². The number of carbonyl (C=O) groups is 3. The highest BCUT2D eigenvalue weighted by molar-refractivity contribution is 5.92. The zero-order valence-electron chi connectivity index (χ0n) is 15.3. The molecule has 1 aromatic carbocycles. The molecule has 0 atom stereocenters. The lowest BCUT2D eigenvalue weighted by Crippen LogP contribution is -2.42. The number of nitrogens with one attached hydrogen (secondary N) is 1. The number of ether oxygens (including phenoxy) is 3. The third-order valence-corrected chi connectivity index (χ3v) is 3.89. The molecule has 1 N–H and O–H groups in total. The predicted octanol–water partition coefficient (Wildman–Crippen LogP) is 0.617. The van der Waals surface area contributed by atoms with Gasteiger partial charge in [0.25, 0.3) is 5.91 Å². The molecule has 2 rings (SSSR count). The Labute approximate surface area is 158 Å². The van der Waals surface area contributed by atoms with Gasteiger partial charge in [0, 0.05) is 25.7 Å². The number of benzene rings is 1. The SMILES string of the molecule is COc1ccc(/C=C/C(=O)NCCC(=O)OCC(=O)N2CCOCC2)cc1. The molecule has 0 spiro atoms. The highest BCUT2D eigenvalue weighted by Gasteiger charge is 2.18. The molecule has 0 bridgehead atoms. The first-order chi connectivity index (χ1) is 13.1. The Kier molecular flexibility index (Phi) is 8.31. The van der Waals surface area contributed by atoms with Gasteiger partial charge in [-0.3, -0.25) is 14.4 Å². The molecule has 0 unspecified atom stereocenters. The molecule has 1 aromatic rings. The van der Waals surface area contributed by atoms with Gasteiger partial charge in [0.2, 0.25) is 5.91 Å². The number of morpholine rings is 1. The first-order valence-electron chi connectivity index (χ1n) is 8.69. The lowest BCUT2D eigenvalue weighted by molar-refractivity contribution is -0.153. The van der Waals surface area contributed by atoms with E-state index in [1.165, 1.54) is 6.08 Å². The average molecular weight is 376 g/mol. The van der Waals surface area contributed by atoms with Crippen molar-refractivity contribution in [2.75, 3.05) is 46.6 Å². The maximum Gasteiger partial charge on any atom is 0.308 e. The number of rotatable bonds is 8. The monoisotopic (exact) mass is 376 g/mol. The summed E-state index contributed by atoms with van der Waals surface area (Å²) in [5.74, 6) is -0.348. The van der Waals surface area contributed by atoms with E-state index in [1.54, 1.807) is 30.2 Å². The van der Waals surface area contributed by atoms with Crippen LogP contribution in [-0.2, 0) is 23.9 Å². The lowest BCUT2D eigenvalue weighted by Gasteiger charge is -2.26. The number of esters is 1. The second kappa shape index (κ2) is 11.0. The maximum atomic E-state index is 11.9. The van der Waals surface area contributed by atoms with Gasteiger partial charge in [0.15, 0.2) is 6.61 Å². The molecule has 27 heavy (non-hydrogen) atoms. The van der Waals surface area contributed by atoms with Gasteiger partial charge in [-0.15, -0.1) is 0 Å². The number of hydrogen-bond acceptors (Lipinski definition) is 6. The molecule has 0 aromatic heterocycles. The van der Waals surface area contributed by atoms with Crippen LogP contribution < -0.4 is 10.1 Å². The van der Waals surface area contributed by atoms with Crippen molar-refractivity contribution in [1.29, 1.82) is 0 Å². The Hall–Kier alpha value is -2.87. The Morgan fingerprint density at radius 2 is 1.89 bits per heavy atom. The molecular formula is C19H24N2O6. The summed E-state index contributed by atoms with van der Waals surface area (Å²) >= 11 is 0. The van der Waals surface area contributed by atoms with Crippen molar-refractivity contribution >= 4 is 23.9 Å². The molecule has 1 aliphatic rings. The number of methoxy groups -OCH3 is 1. The van der Waals surface area contributed by atoms with Crippen molar-refractivity contribution in [3.05, 3.63) is 35.9 Å². The fraction of sp³-hybridized carbons (Fsp3) is 0.421. The van der Waals surface area contributed by atoms with E-state index < -0.39 is 5.97 Å². The molecule has 8 nitrogen and oxygen atoms in total. The van der Waals surface area contributed by atoms with Crippen LogP contribution in [0.25, 0.3) is 6.08 Å². The van der Waals surface area contributed by atoms with Crippen molar-refractivity contribution < 1.29 is 28.6 Å². The van der Waals surface area contributed by atoms with E-state index in [9.17, 15) is 14.4 Å². The summed E-state index contributed by atoms with van der Waals surface area (Å²) in [6.07, 6.45) is 3.04. The van der Waals surface area contributed by atoms with Crippen LogP contribution in [0.4, 0.5) is 0 Å². The maximum absolute atomic E-state index is 11.9. The zero-order valence-corrected chi connectivity index (χ0v) is 15.3. The van der Waals surface area contributed by atoms with Crippen LogP contribution >= 0.6 is 0 Å². The quantitative estimate of drug-likeness (QED) is 0.528. The van der Waals surface area contributed by atoms with Crippen LogP contribution in [0.5, 0.6) is 5.75 Å². The summed E-state index contributed by atoms with van der Waals surface area (Å²) in [5.41, 5.74) is 0.854. The largest absolute Gasteiger partial charge is 0.497 e. The second-order valence-electron chi connectivity index (χ2n) is 5.80. The number of hydrogen-bond donors (Lipinski definition) is 1. The van der Waals surface area contributed by atoms with E-state index in [2.05, 4.69) is 5.32 Å². The summed E-state index contributed by atoms with van der Waals surface area (Å²) in [4.78, 5) is 36.8. The fourth-order valence-corrected chi connectivity index (χ4v) is 2.35. The van der Waals surface area contributed by atoms with E-state index in [0.717, 1.165) is 11.3 Å². The number of carbonyl (C=O) groups excluding carboxylic acids is 3. The Morgan fingerprint density at radius 3 is 2.56 bits per heavy atom. The molecule has 1 aliphatic heterocycles. The fourth-order valence-electron chi connectivity index (χ4n) is 2.35. The van der Waals surface area contributed by atoms with Crippen molar-refractivity contribution in [3.8, 4) is 5.75 Å². The summed E-state index contributed by atoms with van der Waals surface area (Å²) in [7, 11) is 1.59. The van der Waals surface area contributed by atoms with E-state index >= 15 is 0 Å². The zero-order chi connectivity index (χ0) is 19.5. The first-order valence-corrected chi connectivity index (χ1v) is 8.69. The van der Waals surface area contributed by atoms with Gasteiger partial charge in [-0.05, 0) is 23.8 Å². The molecule has 0 saturated carbocycles. The van der Waals surface area contributed by atoms with E-state index in [1.807, 2.05) is 12.1 Å². The Morgan fingerprint density at radius 1 is 1.19 bits per heavy atom. The van der Waals surface area contributed by atoms with Crippen molar-refractivity contribution in [2.24, 2.45) is 0 Å². The van der Waals surface area contributed by atoms with Crippen LogP contribution in [-0.4, -0.2) is 69.2 Å². The van der Waals surface area contributed by atoms with Crippen LogP contribution in [0.3, 0.4) is 0 Å². The molecule has 8 heteroatoms. The van der Waals surface area contributed by atoms with Crippen molar-refractivity contribution in [2.45, 2.75) is 6.42 Å². The lowest BCUT2D eigenvalue weighted by atomic mass is 10.2. The minimum absolute atomic E-state index is 0.00148. The van der Waals surface area contributed by atoms with Gasteiger partial charge < -0.3 is 24.4 Å². The molecule has 1 fully saturated rings. The predicted molar refractivity (Wildman–Crippen MR) is 98.0 cm³/mol. The van der Waals surface area contributed by atoms with E-state index in [4.69, 9.17) is 14.2 Å². The minimum atomic E-state index is -0.531. The topological polar surface area (TPSA) is 94.2 Å². The second-order valence-corrected chi connectivity index (χ2v) is 5.80. The molecule has 2 amide bonds. The highest BCUT2D eigenvalue weighted by Crippen LogP contribution is 2.12. The molecule has 0 radical (unpaired) electrons. The van der Waals surface area contributed by atoms with Gasteiger partial charge in [0.05, 0.1) is 26.7 Å². The summed E-state index contributed by atoms with van der Waals surface area (Å²) in [6, 6.07) is 7.24. The highest BCUT2D eigenvalue weighted by atomic mass is 16.5. The normalized spacial score (nSPS) is 14.0. The summed E-state index contributed by atoms with van der Waals surface area (Å²) in [5, 5.41) is 2.59. The van der Waals surface area contributed by atoms with E-state index in [0.29, 0.717) is 26.3 Å². The molecular weight excluding hydrogens is 352 g/mol. The minimum Gasteiger partial charge on any atom is -0.497 e. The van der Waals surface area contributed by atoms with Crippen LogP contribution in [0, 0.1) is 0 Å². The standard InChI is InChI=1S/C19H24N2O6/c1-25-16-5-2-15(3-6-16)4-7-17(22)20-9-8-19(24)27-14-18(23)21-10-12-26-13-11-21/h2-7H,8-14H2,1H3,(H,20,22)/b7-4+. The Balaban J connectivity index is 1.61. The number of amides is 2. The van der Waals surface area contributed by atoms with Crippen LogP contribution in [0.15, 0.2) is 30.3 Å². The summed E-state index contributed by atoms with van der Waals surface area (Å²) < 4.78 is 15.2. The van der Waals surface area contributed by atoms with Gasteiger partial charge in [-0.2, -0.15) is 0 Å². The molecule has 0 aliphatic carbocycles. The smallest absolute Gasteiger partial charge is 0.308 e. The molecule has 146 valence electrons. The third-order valence-electron chi connectivity index (χ3n) is 3.89. The number of nitrogens with zero attached hydrogens (tertiary/aromatic N) is 1. The van der Waals surface area contributed by atoms with E-state index in [-0.39, 0.29) is 31.4 Å². The average Bonchev–Trinajstić information content (AvgIpc) is 2.71. The summed E-state index contributed by atoms with van der Waals surface area (Å²) in [6.45, 7) is 1.85. The van der Waals surface area contributed by atoms with Crippen LogP contribution in [0.2, 0.25) is 0 Å². The molecule has 1 heterocycles. The van der Waals surface area contributed by atoms with Crippen molar-refractivity contribution in [3.63, 3.8) is 0 Å². The Bertz CT molecular complexity index is 665. The van der Waals surface area contributed by atoms with Crippen LogP contribution in [0.1, 0.15) is 12.0 Å². The third kappa shape index (κ3) is 7.49.